The lowest BCUT2D eigenvalue weighted by Crippen LogP contribution is -2.27. The molecule has 24 heavy (non-hydrogen) atoms. The van der Waals surface area contributed by atoms with Gasteiger partial charge in [0.05, 0.1) is 17.5 Å². The minimum absolute atomic E-state index is 0.0250. The molecule has 0 aliphatic rings. The summed E-state index contributed by atoms with van der Waals surface area (Å²) in [6.07, 6.45) is 1.77. The van der Waals surface area contributed by atoms with E-state index >= 15 is 0 Å². The molecule has 0 radical (unpaired) electrons. The predicted octanol–water partition coefficient (Wildman–Crippen LogP) is 3.59. The van der Waals surface area contributed by atoms with E-state index in [2.05, 4.69) is 23.9 Å². The van der Waals surface area contributed by atoms with Crippen LogP contribution in [0.5, 0.6) is 0 Å². The van der Waals surface area contributed by atoms with Crippen LogP contribution < -0.4 is 0 Å². The number of hydrogen-bond acceptors (Lipinski definition) is 3. The first-order chi connectivity index (χ1) is 11.5. The Morgan fingerprint density at radius 3 is 2.62 bits per heavy atom. The highest BCUT2D eigenvalue weighted by atomic mass is 16.2. The standard InChI is InChI=1S/C19H22N4O/c1-13(2)23-18-16(11-20-23)10-17(14(3)21-18)19(24)22(4)12-15-8-6-5-7-9-15/h5-11,13H,12H2,1-4H3. The molecule has 2 heterocycles. The summed E-state index contributed by atoms with van der Waals surface area (Å²) in [4.78, 5) is 19.2. The van der Waals surface area contributed by atoms with Crippen LogP contribution in [0.4, 0.5) is 0 Å². The van der Waals surface area contributed by atoms with Gasteiger partial charge in [-0.05, 0) is 32.4 Å². The van der Waals surface area contributed by atoms with Gasteiger partial charge in [0, 0.05) is 25.0 Å². The molecule has 0 aliphatic heterocycles. The van der Waals surface area contributed by atoms with E-state index in [9.17, 15) is 4.79 Å². The van der Waals surface area contributed by atoms with E-state index in [0.717, 1.165) is 22.3 Å². The molecule has 0 aliphatic carbocycles. The normalized spacial score (nSPS) is 11.2. The van der Waals surface area contributed by atoms with E-state index in [0.29, 0.717) is 12.1 Å². The molecule has 0 bridgehead atoms. The van der Waals surface area contributed by atoms with Crippen LogP contribution in [0.25, 0.3) is 11.0 Å². The van der Waals surface area contributed by atoms with Gasteiger partial charge in [0.1, 0.15) is 0 Å². The average Bonchev–Trinajstić information content (AvgIpc) is 2.97. The third kappa shape index (κ3) is 3.02. The van der Waals surface area contributed by atoms with Crippen molar-refractivity contribution in [2.75, 3.05) is 7.05 Å². The van der Waals surface area contributed by atoms with Crippen molar-refractivity contribution in [1.29, 1.82) is 0 Å². The van der Waals surface area contributed by atoms with Gasteiger partial charge in [-0.25, -0.2) is 9.67 Å². The Bertz CT molecular complexity index is 868. The second-order valence-corrected chi connectivity index (χ2v) is 6.36. The largest absolute Gasteiger partial charge is 0.337 e. The number of hydrogen-bond donors (Lipinski definition) is 0. The summed E-state index contributed by atoms with van der Waals surface area (Å²) in [5.41, 5.74) is 3.29. The lowest BCUT2D eigenvalue weighted by Gasteiger charge is -2.18. The van der Waals surface area contributed by atoms with Crippen molar-refractivity contribution < 1.29 is 4.79 Å². The SMILES string of the molecule is Cc1nc2c(cnn2C(C)C)cc1C(=O)N(C)Cc1ccccc1. The molecule has 3 rings (SSSR count). The van der Waals surface area contributed by atoms with Crippen LogP contribution in [0.15, 0.2) is 42.6 Å². The molecule has 5 heteroatoms. The van der Waals surface area contributed by atoms with Crippen LogP contribution in [0.1, 0.15) is 41.5 Å². The lowest BCUT2D eigenvalue weighted by molar-refractivity contribution is 0.0784. The Morgan fingerprint density at radius 2 is 1.96 bits per heavy atom. The number of nitrogens with zero attached hydrogens (tertiary/aromatic N) is 4. The third-order valence-corrected chi connectivity index (χ3v) is 4.09. The van der Waals surface area contributed by atoms with E-state index in [-0.39, 0.29) is 11.9 Å². The summed E-state index contributed by atoms with van der Waals surface area (Å²) in [6, 6.07) is 12.1. The van der Waals surface area contributed by atoms with Crippen molar-refractivity contribution >= 4 is 16.9 Å². The summed E-state index contributed by atoms with van der Waals surface area (Å²) in [6.45, 7) is 6.58. The number of pyridine rings is 1. The molecule has 0 unspecified atom stereocenters. The van der Waals surface area contributed by atoms with E-state index in [1.165, 1.54) is 0 Å². The van der Waals surface area contributed by atoms with E-state index in [1.807, 2.05) is 55.1 Å². The van der Waals surface area contributed by atoms with E-state index < -0.39 is 0 Å². The van der Waals surface area contributed by atoms with Gasteiger partial charge in [-0.15, -0.1) is 0 Å². The molecule has 0 fully saturated rings. The van der Waals surface area contributed by atoms with Crippen LogP contribution in [-0.2, 0) is 6.54 Å². The van der Waals surface area contributed by atoms with Crippen LogP contribution in [0.2, 0.25) is 0 Å². The van der Waals surface area contributed by atoms with Crippen molar-refractivity contribution in [2.24, 2.45) is 0 Å². The second kappa shape index (κ2) is 6.43. The highest BCUT2D eigenvalue weighted by Crippen LogP contribution is 2.20. The third-order valence-electron chi connectivity index (χ3n) is 4.09. The van der Waals surface area contributed by atoms with Gasteiger partial charge in [-0.2, -0.15) is 5.10 Å². The lowest BCUT2D eigenvalue weighted by atomic mass is 10.1. The molecule has 0 spiro atoms. The van der Waals surface area contributed by atoms with Crippen LogP contribution in [-0.4, -0.2) is 32.6 Å². The van der Waals surface area contributed by atoms with Crippen molar-refractivity contribution in [3.05, 3.63) is 59.4 Å². The molecule has 3 aromatic rings. The number of carbonyl (C=O) groups excluding carboxylic acids is 1. The van der Waals surface area contributed by atoms with Crippen LogP contribution in [0, 0.1) is 6.92 Å². The van der Waals surface area contributed by atoms with Crippen LogP contribution >= 0.6 is 0 Å². The number of amides is 1. The molecule has 1 aromatic carbocycles. The minimum Gasteiger partial charge on any atom is -0.337 e. The zero-order valence-electron chi connectivity index (χ0n) is 14.5. The Hall–Kier alpha value is -2.69. The van der Waals surface area contributed by atoms with Crippen molar-refractivity contribution in [3.63, 3.8) is 0 Å². The second-order valence-electron chi connectivity index (χ2n) is 6.36. The molecule has 0 saturated heterocycles. The van der Waals surface area contributed by atoms with Gasteiger partial charge in [0.15, 0.2) is 5.65 Å². The summed E-state index contributed by atoms with van der Waals surface area (Å²) in [7, 11) is 1.82. The zero-order valence-corrected chi connectivity index (χ0v) is 14.5. The first kappa shape index (κ1) is 16.2. The molecular weight excluding hydrogens is 300 g/mol. The van der Waals surface area contributed by atoms with Crippen molar-refractivity contribution in [2.45, 2.75) is 33.4 Å². The maximum Gasteiger partial charge on any atom is 0.255 e. The smallest absolute Gasteiger partial charge is 0.255 e. The summed E-state index contributed by atoms with van der Waals surface area (Å²) >= 11 is 0. The maximum atomic E-state index is 12.8. The average molecular weight is 322 g/mol. The molecule has 124 valence electrons. The predicted molar refractivity (Wildman–Crippen MR) is 94.9 cm³/mol. The molecule has 0 N–H and O–H groups in total. The van der Waals surface area contributed by atoms with E-state index in [1.54, 1.807) is 11.1 Å². The maximum absolute atomic E-state index is 12.8. The van der Waals surface area contributed by atoms with E-state index in [4.69, 9.17) is 0 Å². The Morgan fingerprint density at radius 1 is 1.25 bits per heavy atom. The number of aryl methyl sites for hydroxylation is 1. The van der Waals surface area contributed by atoms with Crippen molar-refractivity contribution in [1.82, 2.24) is 19.7 Å². The molecule has 0 saturated carbocycles. The Balaban J connectivity index is 1.91. The molecule has 2 aromatic heterocycles. The monoisotopic (exact) mass is 322 g/mol. The fourth-order valence-electron chi connectivity index (χ4n) is 2.79. The zero-order chi connectivity index (χ0) is 17.3. The first-order valence-electron chi connectivity index (χ1n) is 8.11. The molecule has 5 nitrogen and oxygen atoms in total. The quantitative estimate of drug-likeness (QED) is 0.737. The van der Waals surface area contributed by atoms with Gasteiger partial charge in [-0.3, -0.25) is 4.79 Å². The Labute approximate surface area is 141 Å². The van der Waals surface area contributed by atoms with Gasteiger partial charge in [0.2, 0.25) is 0 Å². The first-order valence-corrected chi connectivity index (χ1v) is 8.11. The fourth-order valence-corrected chi connectivity index (χ4v) is 2.79. The summed E-state index contributed by atoms with van der Waals surface area (Å²) < 4.78 is 1.88. The fraction of sp³-hybridized carbons (Fsp3) is 0.316. The number of rotatable bonds is 4. The van der Waals surface area contributed by atoms with Gasteiger partial charge in [-0.1, -0.05) is 30.3 Å². The highest BCUT2D eigenvalue weighted by molar-refractivity contribution is 5.98. The van der Waals surface area contributed by atoms with Gasteiger partial charge >= 0.3 is 0 Å². The van der Waals surface area contributed by atoms with Gasteiger partial charge in [0.25, 0.3) is 5.91 Å². The van der Waals surface area contributed by atoms with Crippen LogP contribution in [0.3, 0.4) is 0 Å². The highest BCUT2D eigenvalue weighted by Gasteiger charge is 2.18. The summed E-state index contributed by atoms with van der Waals surface area (Å²) in [5.74, 6) is -0.0250. The van der Waals surface area contributed by atoms with Crippen molar-refractivity contribution in [3.8, 4) is 0 Å². The number of fused-ring (bicyclic) bond motifs is 1. The number of carbonyl (C=O) groups is 1. The summed E-state index contributed by atoms with van der Waals surface area (Å²) in [5, 5.41) is 5.27. The van der Waals surface area contributed by atoms with Gasteiger partial charge < -0.3 is 4.90 Å². The minimum atomic E-state index is -0.0250. The topological polar surface area (TPSA) is 51.0 Å². The molecular formula is C19H22N4O. The Kier molecular flexibility index (Phi) is 4.34. The molecule has 0 atom stereocenters. The molecule has 1 amide bonds. The number of benzene rings is 1. The number of aromatic nitrogens is 3.